The summed E-state index contributed by atoms with van der Waals surface area (Å²) in [5.41, 5.74) is 5.34. The van der Waals surface area contributed by atoms with Crippen molar-refractivity contribution < 1.29 is 9.90 Å². The van der Waals surface area contributed by atoms with Crippen LogP contribution in [0.2, 0.25) is 0 Å². The molecule has 0 aliphatic rings. The molecule has 0 bridgehead atoms. The van der Waals surface area contributed by atoms with E-state index in [4.69, 9.17) is 23.1 Å². The lowest BCUT2D eigenvalue weighted by molar-refractivity contribution is 0.188. The van der Waals surface area contributed by atoms with Gasteiger partial charge in [0.1, 0.15) is 0 Å². The third kappa shape index (κ3) is 7.52. The van der Waals surface area contributed by atoms with Gasteiger partial charge in [-0.3, -0.25) is 0 Å². The molecular weight excluding hydrogens is 188 g/mol. The van der Waals surface area contributed by atoms with Crippen LogP contribution in [0.25, 0.3) is 0 Å². The molecule has 0 heterocycles. The van der Waals surface area contributed by atoms with E-state index in [9.17, 15) is 4.79 Å². The Balaban J connectivity index is 4.02. The van der Waals surface area contributed by atoms with Crippen LogP contribution in [-0.4, -0.2) is 22.2 Å². The number of carboxylic acid groups (broad SMARTS) is 1. The van der Waals surface area contributed by atoms with Gasteiger partial charge in [-0.25, -0.2) is 4.79 Å². The highest BCUT2D eigenvalue weighted by Crippen LogP contribution is 2.07. The standard InChI is InChI=1S/C8H16N2O2S/c1-5(2)3-6(4-7(9)13)10-8(11)12/h5-6,10H,3-4H2,1-2H3,(H2,9,13)(H,11,12). The summed E-state index contributed by atoms with van der Waals surface area (Å²) < 4.78 is 0. The van der Waals surface area contributed by atoms with Crippen molar-refractivity contribution >= 4 is 23.3 Å². The molecule has 13 heavy (non-hydrogen) atoms. The molecule has 1 amide bonds. The summed E-state index contributed by atoms with van der Waals surface area (Å²) in [6.45, 7) is 4.05. The topological polar surface area (TPSA) is 75.3 Å². The van der Waals surface area contributed by atoms with Crippen molar-refractivity contribution in [2.45, 2.75) is 32.7 Å². The maximum Gasteiger partial charge on any atom is 0.404 e. The van der Waals surface area contributed by atoms with Crippen LogP contribution in [0.15, 0.2) is 0 Å². The van der Waals surface area contributed by atoms with Crippen LogP contribution < -0.4 is 11.1 Å². The van der Waals surface area contributed by atoms with Crippen molar-refractivity contribution in [3.05, 3.63) is 0 Å². The zero-order chi connectivity index (χ0) is 10.4. The summed E-state index contributed by atoms with van der Waals surface area (Å²) in [6, 6.07) is -0.157. The highest BCUT2D eigenvalue weighted by atomic mass is 32.1. The van der Waals surface area contributed by atoms with Crippen LogP contribution in [0.3, 0.4) is 0 Å². The molecular formula is C8H16N2O2S. The van der Waals surface area contributed by atoms with Crippen molar-refractivity contribution in [2.24, 2.45) is 11.7 Å². The second-order valence-corrected chi connectivity index (χ2v) is 3.97. The van der Waals surface area contributed by atoms with E-state index in [1.54, 1.807) is 0 Å². The largest absolute Gasteiger partial charge is 0.465 e. The van der Waals surface area contributed by atoms with E-state index in [2.05, 4.69) is 5.32 Å². The lowest BCUT2D eigenvalue weighted by atomic mass is 10.0. The van der Waals surface area contributed by atoms with Gasteiger partial charge in [0.15, 0.2) is 0 Å². The fourth-order valence-electron chi connectivity index (χ4n) is 1.18. The summed E-state index contributed by atoms with van der Waals surface area (Å²) >= 11 is 4.72. The molecule has 0 saturated heterocycles. The monoisotopic (exact) mass is 204 g/mol. The summed E-state index contributed by atoms with van der Waals surface area (Å²) in [7, 11) is 0. The molecule has 0 saturated carbocycles. The predicted molar refractivity (Wildman–Crippen MR) is 55.8 cm³/mol. The minimum absolute atomic E-state index is 0.157. The number of carbonyl (C=O) groups is 1. The van der Waals surface area contributed by atoms with E-state index < -0.39 is 6.09 Å². The Morgan fingerprint density at radius 2 is 2.15 bits per heavy atom. The van der Waals surface area contributed by atoms with Gasteiger partial charge < -0.3 is 16.2 Å². The van der Waals surface area contributed by atoms with Crippen LogP contribution in [0, 0.1) is 5.92 Å². The molecule has 0 aromatic rings. The lowest BCUT2D eigenvalue weighted by Crippen LogP contribution is -2.37. The molecule has 5 heteroatoms. The Kier molecular flexibility index (Phi) is 5.37. The quantitative estimate of drug-likeness (QED) is 0.591. The average Bonchev–Trinajstić information content (AvgIpc) is 1.80. The molecule has 1 atom stereocenters. The van der Waals surface area contributed by atoms with Crippen LogP contribution in [-0.2, 0) is 0 Å². The smallest absolute Gasteiger partial charge is 0.404 e. The third-order valence-corrected chi connectivity index (χ3v) is 1.70. The minimum Gasteiger partial charge on any atom is -0.465 e. The molecule has 76 valence electrons. The van der Waals surface area contributed by atoms with Gasteiger partial charge in [-0.2, -0.15) is 0 Å². The van der Waals surface area contributed by atoms with Gasteiger partial charge in [0, 0.05) is 12.5 Å². The maximum absolute atomic E-state index is 10.4. The number of hydrogen-bond acceptors (Lipinski definition) is 2. The SMILES string of the molecule is CC(C)CC(CC(N)=S)NC(=O)O. The molecule has 4 N–H and O–H groups in total. The Morgan fingerprint density at radius 1 is 1.62 bits per heavy atom. The number of hydrogen-bond donors (Lipinski definition) is 3. The van der Waals surface area contributed by atoms with E-state index in [1.165, 1.54) is 0 Å². The number of nitrogens with two attached hydrogens (primary N) is 1. The average molecular weight is 204 g/mol. The van der Waals surface area contributed by atoms with Crippen LogP contribution in [0.5, 0.6) is 0 Å². The van der Waals surface area contributed by atoms with E-state index in [0.29, 0.717) is 17.3 Å². The van der Waals surface area contributed by atoms with E-state index in [1.807, 2.05) is 13.8 Å². The first-order valence-corrected chi connectivity index (χ1v) is 4.60. The third-order valence-electron chi connectivity index (χ3n) is 1.53. The minimum atomic E-state index is -1.03. The van der Waals surface area contributed by atoms with Crippen molar-refractivity contribution in [1.82, 2.24) is 5.32 Å². The predicted octanol–water partition coefficient (Wildman–Crippen LogP) is 1.34. The molecule has 0 rings (SSSR count). The highest BCUT2D eigenvalue weighted by Gasteiger charge is 2.13. The summed E-state index contributed by atoms with van der Waals surface area (Å²) in [5.74, 6) is 0.422. The molecule has 0 radical (unpaired) electrons. The Labute approximate surface area is 83.5 Å². The first-order chi connectivity index (χ1) is 5.91. The first kappa shape index (κ1) is 12.2. The number of nitrogens with one attached hydrogen (secondary N) is 1. The summed E-state index contributed by atoms with van der Waals surface area (Å²) in [5, 5.41) is 10.9. The molecule has 0 aliphatic carbocycles. The number of rotatable bonds is 5. The van der Waals surface area contributed by atoms with Gasteiger partial charge in [0.25, 0.3) is 0 Å². The molecule has 0 aromatic carbocycles. The van der Waals surface area contributed by atoms with E-state index in [-0.39, 0.29) is 6.04 Å². The lowest BCUT2D eigenvalue weighted by Gasteiger charge is -2.17. The van der Waals surface area contributed by atoms with Crippen LogP contribution in [0.1, 0.15) is 26.7 Å². The number of amides is 1. The zero-order valence-electron chi connectivity index (χ0n) is 7.91. The highest BCUT2D eigenvalue weighted by molar-refractivity contribution is 7.80. The molecule has 4 nitrogen and oxygen atoms in total. The fraction of sp³-hybridized carbons (Fsp3) is 0.750. The van der Waals surface area contributed by atoms with Gasteiger partial charge in [0.2, 0.25) is 0 Å². The van der Waals surface area contributed by atoms with Gasteiger partial charge in [-0.15, -0.1) is 0 Å². The molecule has 0 aromatic heterocycles. The normalized spacial score (nSPS) is 12.5. The van der Waals surface area contributed by atoms with Gasteiger partial charge >= 0.3 is 6.09 Å². The second kappa shape index (κ2) is 5.75. The van der Waals surface area contributed by atoms with Crippen molar-refractivity contribution in [2.75, 3.05) is 0 Å². The fourth-order valence-corrected chi connectivity index (χ4v) is 1.38. The zero-order valence-corrected chi connectivity index (χ0v) is 8.73. The molecule has 0 aliphatic heterocycles. The van der Waals surface area contributed by atoms with Gasteiger partial charge in [-0.05, 0) is 12.3 Å². The maximum atomic E-state index is 10.4. The van der Waals surface area contributed by atoms with Gasteiger partial charge in [-0.1, -0.05) is 26.1 Å². The first-order valence-electron chi connectivity index (χ1n) is 4.19. The second-order valence-electron chi connectivity index (χ2n) is 3.45. The van der Waals surface area contributed by atoms with Crippen LogP contribution in [0.4, 0.5) is 4.79 Å². The molecule has 0 fully saturated rings. The number of thiocarbonyl (C=S) groups is 1. The molecule has 1 unspecified atom stereocenters. The Hall–Kier alpha value is -0.840. The Morgan fingerprint density at radius 3 is 2.46 bits per heavy atom. The summed E-state index contributed by atoms with van der Waals surface area (Å²) in [4.78, 5) is 10.7. The Bertz CT molecular complexity index is 179. The van der Waals surface area contributed by atoms with Gasteiger partial charge in [0.05, 0.1) is 4.99 Å². The van der Waals surface area contributed by atoms with Crippen LogP contribution >= 0.6 is 12.2 Å². The summed E-state index contributed by atoms with van der Waals surface area (Å²) in [6.07, 6.45) is 0.158. The van der Waals surface area contributed by atoms with Crippen molar-refractivity contribution in [3.63, 3.8) is 0 Å². The van der Waals surface area contributed by atoms with Crippen molar-refractivity contribution in [1.29, 1.82) is 0 Å². The van der Waals surface area contributed by atoms with E-state index >= 15 is 0 Å². The van der Waals surface area contributed by atoms with E-state index in [0.717, 1.165) is 6.42 Å². The molecule has 0 spiro atoms. The van der Waals surface area contributed by atoms with Crippen molar-refractivity contribution in [3.8, 4) is 0 Å².